The first-order chi connectivity index (χ1) is 9.69. The van der Waals surface area contributed by atoms with Crippen molar-refractivity contribution in [3.8, 4) is 0 Å². The van der Waals surface area contributed by atoms with E-state index >= 15 is 0 Å². The van der Waals surface area contributed by atoms with Crippen molar-refractivity contribution in [3.63, 3.8) is 0 Å². The predicted molar refractivity (Wildman–Crippen MR) is 82.9 cm³/mol. The molecular weight excluding hydrogens is 248 g/mol. The Kier molecular flexibility index (Phi) is 4.77. The Bertz CT molecular complexity index is 579. The van der Waals surface area contributed by atoms with Gasteiger partial charge in [-0.15, -0.1) is 0 Å². The van der Waals surface area contributed by atoms with Crippen LogP contribution in [-0.2, 0) is 13.0 Å². The number of carbonyl (C=O) groups excluding carboxylic acids is 1. The maximum Gasteiger partial charge on any atom is 0.319 e. The summed E-state index contributed by atoms with van der Waals surface area (Å²) >= 11 is 0. The van der Waals surface area contributed by atoms with Crippen molar-refractivity contribution in [1.82, 2.24) is 5.32 Å². The van der Waals surface area contributed by atoms with Crippen molar-refractivity contribution >= 4 is 11.7 Å². The third kappa shape index (κ3) is 3.85. The molecule has 0 atom stereocenters. The van der Waals surface area contributed by atoms with E-state index in [9.17, 15) is 4.79 Å². The number of amides is 2. The number of carbonyl (C=O) groups is 1. The summed E-state index contributed by atoms with van der Waals surface area (Å²) in [4.78, 5) is 11.9. The molecule has 20 heavy (non-hydrogen) atoms. The number of aryl methyl sites for hydroxylation is 2. The molecule has 104 valence electrons. The van der Waals surface area contributed by atoms with Crippen LogP contribution in [0, 0.1) is 6.92 Å². The largest absolute Gasteiger partial charge is 0.334 e. The van der Waals surface area contributed by atoms with Gasteiger partial charge >= 0.3 is 6.03 Å². The number of hydrogen-bond donors (Lipinski definition) is 2. The average molecular weight is 268 g/mol. The maximum atomic E-state index is 11.9. The standard InChI is InChI=1S/C17H20N2O/c1-3-14-10-9-13(2)16(11-14)19-17(20)18-12-15-7-5-4-6-8-15/h4-11H,3,12H2,1-2H3,(H2,18,19,20). The minimum absolute atomic E-state index is 0.176. The highest BCUT2D eigenvalue weighted by Crippen LogP contribution is 2.17. The third-order valence-electron chi connectivity index (χ3n) is 3.25. The number of urea groups is 1. The molecule has 3 heteroatoms. The van der Waals surface area contributed by atoms with E-state index in [1.165, 1.54) is 5.56 Å². The van der Waals surface area contributed by atoms with E-state index in [4.69, 9.17) is 0 Å². The SMILES string of the molecule is CCc1ccc(C)c(NC(=O)NCc2ccccc2)c1. The molecule has 2 N–H and O–H groups in total. The minimum Gasteiger partial charge on any atom is -0.334 e. The number of benzene rings is 2. The summed E-state index contributed by atoms with van der Waals surface area (Å²) in [5, 5.41) is 5.77. The lowest BCUT2D eigenvalue weighted by Gasteiger charge is -2.11. The molecule has 2 aromatic carbocycles. The Balaban J connectivity index is 1.94. The second-order valence-electron chi connectivity index (χ2n) is 4.80. The van der Waals surface area contributed by atoms with Gasteiger partial charge in [0.05, 0.1) is 0 Å². The normalized spacial score (nSPS) is 10.1. The highest BCUT2D eigenvalue weighted by Gasteiger charge is 2.05. The fraction of sp³-hybridized carbons (Fsp3) is 0.235. The minimum atomic E-state index is -0.176. The van der Waals surface area contributed by atoms with E-state index in [-0.39, 0.29) is 6.03 Å². The van der Waals surface area contributed by atoms with Gasteiger partial charge in [0.2, 0.25) is 0 Å². The van der Waals surface area contributed by atoms with Crippen molar-refractivity contribution in [3.05, 3.63) is 65.2 Å². The lowest BCUT2D eigenvalue weighted by atomic mass is 10.1. The topological polar surface area (TPSA) is 41.1 Å². The van der Waals surface area contributed by atoms with Gasteiger partial charge in [-0.2, -0.15) is 0 Å². The number of hydrogen-bond acceptors (Lipinski definition) is 1. The smallest absolute Gasteiger partial charge is 0.319 e. The summed E-state index contributed by atoms with van der Waals surface area (Å²) < 4.78 is 0. The van der Waals surface area contributed by atoms with E-state index in [0.29, 0.717) is 6.54 Å². The molecule has 0 saturated carbocycles. The van der Waals surface area contributed by atoms with Crippen molar-refractivity contribution in [2.24, 2.45) is 0 Å². The summed E-state index contributed by atoms with van der Waals surface area (Å²) in [6.45, 7) is 4.62. The quantitative estimate of drug-likeness (QED) is 0.868. The summed E-state index contributed by atoms with van der Waals surface area (Å²) in [6.07, 6.45) is 0.959. The van der Waals surface area contributed by atoms with E-state index in [0.717, 1.165) is 23.2 Å². The molecule has 0 aromatic heterocycles. The van der Waals surface area contributed by atoms with Gasteiger partial charge in [-0.25, -0.2) is 4.79 Å². The van der Waals surface area contributed by atoms with Crippen molar-refractivity contribution in [2.45, 2.75) is 26.8 Å². The molecule has 2 rings (SSSR count). The Hall–Kier alpha value is -2.29. The molecule has 0 aliphatic rings. The Labute approximate surface area is 120 Å². The fourth-order valence-corrected chi connectivity index (χ4v) is 1.97. The molecule has 0 heterocycles. The molecule has 0 aliphatic heterocycles. The molecule has 0 radical (unpaired) electrons. The van der Waals surface area contributed by atoms with Crippen molar-refractivity contribution in [1.29, 1.82) is 0 Å². The molecule has 0 unspecified atom stereocenters. The number of rotatable bonds is 4. The van der Waals surface area contributed by atoms with E-state index in [1.54, 1.807) is 0 Å². The first kappa shape index (κ1) is 14.1. The molecular formula is C17H20N2O. The monoisotopic (exact) mass is 268 g/mol. The van der Waals surface area contributed by atoms with Gasteiger partial charge < -0.3 is 10.6 Å². The van der Waals surface area contributed by atoms with Gasteiger partial charge in [-0.05, 0) is 36.1 Å². The van der Waals surface area contributed by atoms with Crippen LogP contribution in [0.2, 0.25) is 0 Å². The molecule has 3 nitrogen and oxygen atoms in total. The van der Waals surface area contributed by atoms with Crippen molar-refractivity contribution < 1.29 is 4.79 Å². The van der Waals surface area contributed by atoms with Gasteiger partial charge in [-0.1, -0.05) is 49.4 Å². The zero-order chi connectivity index (χ0) is 14.4. The summed E-state index contributed by atoms with van der Waals surface area (Å²) in [5.41, 5.74) is 4.24. The van der Waals surface area contributed by atoms with Crippen LogP contribution < -0.4 is 10.6 Å². The molecule has 2 amide bonds. The van der Waals surface area contributed by atoms with E-state index in [2.05, 4.69) is 23.6 Å². The highest BCUT2D eigenvalue weighted by molar-refractivity contribution is 5.90. The van der Waals surface area contributed by atoms with Crippen LogP contribution in [0.15, 0.2) is 48.5 Å². The van der Waals surface area contributed by atoms with Crippen LogP contribution in [0.4, 0.5) is 10.5 Å². The van der Waals surface area contributed by atoms with Crippen LogP contribution >= 0.6 is 0 Å². The molecule has 0 fully saturated rings. The Morgan fingerprint density at radius 1 is 1.05 bits per heavy atom. The number of nitrogens with one attached hydrogen (secondary N) is 2. The van der Waals surface area contributed by atoms with Gasteiger partial charge in [0.15, 0.2) is 0 Å². The second kappa shape index (κ2) is 6.75. The highest BCUT2D eigenvalue weighted by atomic mass is 16.2. The van der Waals surface area contributed by atoms with Crippen LogP contribution in [0.3, 0.4) is 0 Å². The van der Waals surface area contributed by atoms with Crippen LogP contribution in [-0.4, -0.2) is 6.03 Å². The molecule has 0 saturated heterocycles. The average Bonchev–Trinajstić information content (AvgIpc) is 2.48. The predicted octanol–water partition coefficient (Wildman–Crippen LogP) is 3.88. The molecule has 0 aliphatic carbocycles. The summed E-state index contributed by atoms with van der Waals surface area (Å²) in [7, 11) is 0. The van der Waals surface area contributed by atoms with Crippen molar-refractivity contribution in [2.75, 3.05) is 5.32 Å². The van der Waals surface area contributed by atoms with Crippen LogP contribution in [0.25, 0.3) is 0 Å². The zero-order valence-corrected chi connectivity index (χ0v) is 11.9. The van der Waals surface area contributed by atoms with Gasteiger partial charge in [-0.3, -0.25) is 0 Å². The van der Waals surface area contributed by atoms with Crippen LogP contribution in [0.5, 0.6) is 0 Å². The molecule has 2 aromatic rings. The lowest BCUT2D eigenvalue weighted by Crippen LogP contribution is -2.28. The van der Waals surface area contributed by atoms with Gasteiger partial charge in [0.25, 0.3) is 0 Å². The first-order valence-electron chi connectivity index (χ1n) is 6.87. The van der Waals surface area contributed by atoms with Gasteiger partial charge in [0.1, 0.15) is 0 Å². The maximum absolute atomic E-state index is 11.9. The summed E-state index contributed by atoms with van der Waals surface area (Å²) in [5.74, 6) is 0. The fourth-order valence-electron chi connectivity index (χ4n) is 1.97. The molecule has 0 spiro atoms. The van der Waals surface area contributed by atoms with E-state index < -0.39 is 0 Å². The first-order valence-corrected chi connectivity index (χ1v) is 6.87. The Morgan fingerprint density at radius 3 is 2.50 bits per heavy atom. The number of anilines is 1. The summed E-state index contributed by atoms with van der Waals surface area (Å²) in [6, 6.07) is 15.8. The van der Waals surface area contributed by atoms with E-state index in [1.807, 2.05) is 49.4 Å². The van der Waals surface area contributed by atoms with Gasteiger partial charge in [0, 0.05) is 12.2 Å². The third-order valence-corrected chi connectivity index (χ3v) is 3.25. The Morgan fingerprint density at radius 2 is 1.80 bits per heavy atom. The second-order valence-corrected chi connectivity index (χ2v) is 4.80. The van der Waals surface area contributed by atoms with Crippen LogP contribution in [0.1, 0.15) is 23.6 Å². The lowest BCUT2D eigenvalue weighted by molar-refractivity contribution is 0.251. The molecule has 0 bridgehead atoms. The zero-order valence-electron chi connectivity index (χ0n) is 11.9.